The van der Waals surface area contributed by atoms with E-state index >= 15 is 0 Å². The standard InChI is InChI=1S/C22H28N2O4/c1-17-20(11-15-27-17)22(26)24(16-19-8-5-14-28-19)13-10-21(25)23-12-9-18-6-3-2-4-7-18/h2-4,6-7,11,15,19H,5,8-10,12-14,16H2,1H3,(H,23,25). The maximum atomic E-state index is 12.9. The van der Waals surface area contributed by atoms with Crippen molar-refractivity contribution in [1.29, 1.82) is 0 Å². The number of hydrogen-bond donors (Lipinski definition) is 1. The minimum Gasteiger partial charge on any atom is -0.469 e. The average molecular weight is 384 g/mol. The van der Waals surface area contributed by atoms with Crippen molar-refractivity contribution < 1.29 is 18.7 Å². The Morgan fingerprint density at radius 3 is 2.71 bits per heavy atom. The summed E-state index contributed by atoms with van der Waals surface area (Å²) in [6.45, 7) is 3.95. The molecule has 150 valence electrons. The lowest BCUT2D eigenvalue weighted by atomic mass is 10.1. The van der Waals surface area contributed by atoms with E-state index in [9.17, 15) is 9.59 Å². The van der Waals surface area contributed by atoms with Crippen LogP contribution in [0.4, 0.5) is 0 Å². The van der Waals surface area contributed by atoms with E-state index in [0.29, 0.717) is 31.0 Å². The van der Waals surface area contributed by atoms with Gasteiger partial charge in [0, 0.05) is 32.7 Å². The molecule has 1 saturated heterocycles. The first-order valence-corrected chi connectivity index (χ1v) is 9.89. The number of ether oxygens (including phenoxy) is 1. The van der Waals surface area contributed by atoms with E-state index in [0.717, 1.165) is 25.9 Å². The summed E-state index contributed by atoms with van der Waals surface area (Å²) in [5.41, 5.74) is 1.73. The number of benzene rings is 1. The number of carbonyl (C=O) groups is 2. The van der Waals surface area contributed by atoms with Gasteiger partial charge in [0.15, 0.2) is 0 Å². The molecule has 1 fully saturated rings. The Balaban J connectivity index is 1.51. The van der Waals surface area contributed by atoms with E-state index in [-0.39, 0.29) is 24.3 Å². The van der Waals surface area contributed by atoms with Crippen LogP contribution in [-0.4, -0.2) is 49.1 Å². The minimum atomic E-state index is -0.112. The van der Waals surface area contributed by atoms with Gasteiger partial charge in [0.1, 0.15) is 5.76 Å². The van der Waals surface area contributed by atoms with Gasteiger partial charge < -0.3 is 19.4 Å². The highest BCUT2D eigenvalue weighted by molar-refractivity contribution is 5.95. The third kappa shape index (κ3) is 5.70. The third-order valence-electron chi connectivity index (χ3n) is 5.01. The Hall–Kier alpha value is -2.60. The summed E-state index contributed by atoms with van der Waals surface area (Å²) in [4.78, 5) is 26.9. The molecule has 2 aromatic rings. The first kappa shape index (κ1) is 20.1. The molecule has 1 aliphatic rings. The molecule has 6 nitrogen and oxygen atoms in total. The number of hydrogen-bond acceptors (Lipinski definition) is 4. The van der Waals surface area contributed by atoms with Crippen molar-refractivity contribution in [3.63, 3.8) is 0 Å². The zero-order valence-electron chi connectivity index (χ0n) is 16.4. The normalized spacial score (nSPS) is 16.1. The number of nitrogens with zero attached hydrogens (tertiary/aromatic N) is 1. The van der Waals surface area contributed by atoms with Gasteiger partial charge in [-0.3, -0.25) is 9.59 Å². The summed E-state index contributed by atoms with van der Waals surface area (Å²) >= 11 is 0. The predicted molar refractivity (Wildman–Crippen MR) is 106 cm³/mol. The molecular formula is C22H28N2O4. The highest BCUT2D eigenvalue weighted by Crippen LogP contribution is 2.17. The van der Waals surface area contributed by atoms with Gasteiger partial charge in [-0.1, -0.05) is 30.3 Å². The first-order valence-electron chi connectivity index (χ1n) is 9.89. The Labute approximate surface area is 165 Å². The number of aryl methyl sites for hydroxylation is 1. The van der Waals surface area contributed by atoms with Gasteiger partial charge in [-0.15, -0.1) is 0 Å². The third-order valence-corrected chi connectivity index (χ3v) is 5.01. The second kappa shape index (κ2) is 10.1. The number of furan rings is 1. The van der Waals surface area contributed by atoms with Crippen molar-refractivity contribution in [2.45, 2.75) is 38.7 Å². The van der Waals surface area contributed by atoms with Crippen LogP contribution in [0.3, 0.4) is 0 Å². The van der Waals surface area contributed by atoms with Crippen LogP contribution in [0.5, 0.6) is 0 Å². The molecule has 6 heteroatoms. The van der Waals surface area contributed by atoms with E-state index in [2.05, 4.69) is 5.32 Å². The predicted octanol–water partition coefficient (Wildman–Crippen LogP) is 2.96. The van der Waals surface area contributed by atoms with Crippen molar-refractivity contribution >= 4 is 11.8 Å². The quantitative estimate of drug-likeness (QED) is 0.722. The van der Waals surface area contributed by atoms with Crippen LogP contribution in [0.1, 0.15) is 40.9 Å². The molecule has 0 bridgehead atoms. The number of nitrogens with one attached hydrogen (secondary N) is 1. The van der Waals surface area contributed by atoms with E-state index in [1.54, 1.807) is 17.9 Å². The molecule has 0 aliphatic carbocycles. The monoisotopic (exact) mass is 384 g/mol. The Bertz CT molecular complexity index is 766. The molecule has 0 spiro atoms. The molecule has 2 heterocycles. The molecule has 1 aromatic carbocycles. The number of carbonyl (C=O) groups excluding carboxylic acids is 2. The zero-order valence-corrected chi connectivity index (χ0v) is 16.4. The summed E-state index contributed by atoms with van der Waals surface area (Å²) in [7, 11) is 0. The Kier molecular flexibility index (Phi) is 7.25. The van der Waals surface area contributed by atoms with Gasteiger partial charge in [-0.05, 0) is 37.8 Å². The molecule has 1 atom stereocenters. The Morgan fingerprint density at radius 1 is 1.21 bits per heavy atom. The van der Waals surface area contributed by atoms with Gasteiger partial charge >= 0.3 is 0 Å². The number of rotatable bonds is 9. The van der Waals surface area contributed by atoms with Crippen molar-refractivity contribution in [3.05, 3.63) is 59.5 Å². The molecule has 28 heavy (non-hydrogen) atoms. The fourth-order valence-corrected chi connectivity index (χ4v) is 3.40. The van der Waals surface area contributed by atoms with Crippen molar-refractivity contribution in [2.75, 3.05) is 26.2 Å². The molecule has 0 radical (unpaired) electrons. The second-order valence-electron chi connectivity index (χ2n) is 7.11. The second-order valence-corrected chi connectivity index (χ2v) is 7.11. The van der Waals surface area contributed by atoms with Gasteiger partial charge in [-0.2, -0.15) is 0 Å². The van der Waals surface area contributed by atoms with Gasteiger partial charge in [0.2, 0.25) is 5.91 Å². The topological polar surface area (TPSA) is 71.8 Å². The van der Waals surface area contributed by atoms with Gasteiger partial charge in [0.25, 0.3) is 5.91 Å². The van der Waals surface area contributed by atoms with E-state index in [4.69, 9.17) is 9.15 Å². The smallest absolute Gasteiger partial charge is 0.257 e. The van der Waals surface area contributed by atoms with Crippen LogP contribution < -0.4 is 5.32 Å². The largest absolute Gasteiger partial charge is 0.469 e. The van der Waals surface area contributed by atoms with Gasteiger partial charge in [-0.25, -0.2) is 0 Å². The van der Waals surface area contributed by atoms with Crippen LogP contribution in [0.25, 0.3) is 0 Å². The van der Waals surface area contributed by atoms with Crippen LogP contribution in [0.15, 0.2) is 47.1 Å². The number of amides is 2. The van der Waals surface area contributed by atoms with Crippen molar-refractivity contribution in [3.8, 4) is 0 Å². The fourth-order valence-electron chi connectivity index (χ4n) is 3.40. The lowest BCUT2D eigenvalue weighted by Crippen LogP contribution is -2.40. The van der Waals surface area contributed by atoms with Crippen LogP contribution in [-0.2, 0) is 16.0 Å². The summed E-state index contributed by atoms with van der Waals surface area (Å²) in [5, 5.41) is 2.94. The molecule has 1 aromatic heterocycles. The van der Waals surface area contributed by atoms with Crippen LogP contribution in [0, 0.1) is 6.92 Å². The molecule has 1 aliphatic heterocycles. The van der Waals surface area contributed by atoms with E-state index in [1.165, 1.54) is 11.8 Å². The lowest BCUT2D eigenvalue weighted by Gasteiger charge is -2.25. The van der Waals surface area contributed by atoms with Crippen LogP contribution in [0.2, 0.25) is 0 Å². The fraction of sp³-hybridized carbons (Fsp3) is 0.455. The van der Waals surface area contributed by atoms with E-state index < -0.39 is 0 Å². The molecule has 1 unspecified atom stereocenters. The highest BCUT2D eigenvalue weighted by atomic mass is 16.5. The van der Waals surface area contributed by atoms with Crippen LogP contribution >= 0.6 is 0 Å². The van der Waals surface area contributed by atoms with Crippen molar-refractivity contribution in [1.82, 2.24) is 10.2 Å². The molecule has 0 saturated carbocycles. The maximum Gasteiger partial charge on any atom is 0.257 e. The first-order chi connectivity index (χ1) is 13.6. The van der Waals surface area contributed by atoms with Crippen molar-refractivity contribution in [2.24, 2.45) is 0 Å². The molecule has 3 rings (SSSR count). The molecule has 2 amide bonds. The molecule has 1 N–H and O–H groups in total. The summed E-state index contributed by atoms with van der Waals surface area (Å²) in [6, 6.07) is 11.7. The highest BCUT2D eigenvalue weighted by Gasteiger charge is 2.25. The summed E-state index contributed by atoms with van der Waals surface area (Å²) in [6.07, 6.45) is 4.57. The van der Waals surface area contributed by atoms with Gasteiger partial charge in [0.05, 0.1) is 17.9 Å². The Morgan fingerprint density at radius 2 is 2.04 bits per heavy atom. The summed E-state index contributed by atoms with van der Waals surface area (Å²) < 4.78 is 11.0. The molecular weight excluding hydrogens is 356 g/mol. The SMILES string of the molecule is Cc1occc1C(=O)N(CCC(=O)NCCc1ccccc1)CC1CCCO1. The zero-order chi connectivity index (χ0) is 19.8. The average Bonchev–Trinajstić information content (AvgIpc) is 3.37. The lowest BCUT2D eigenvalue weighted by molar-refractivity contribution is -0.121. The maximum absolute atomic E-state index is 12.9. The minimum absolute atomic E-state index is 0.0392. The summed E-state index contributed by atoms with van der Waals surface area (Å²) in [5.74, 6) is 0.429. The van der Waals surface area contributed by atoms with E-state index in [1.807, 2.05) is 30.3 Å².